The summed E-state index contributed by atoms with van der Waals surface area (Å²) in [6.07, 6.45) is 0. The van der Waals surface area contributed by atoms with E-state index in [0.29, 0.717) is 0 Å². The Hall–Kier alpha value is -1.08. The van der Waals surface area contributed by atoms with Gasteiger partial charge in [0, 0.05) is 4.88 Å². The van der Waals surface area contributed by atoms with Gasteiger partial charge >= 0.3 is 0 Å². The van der Waals surface area contributed by atoms with Crippen LogP contribution in [0.4, 0.5) is 0 Å². The lowest BCUT2D eigenvalue weighted by Gasteiger charge is -1.99. The second-order valence-corrected chi connectivity index (χ2v) is 4.28. The Morgan fingerprint density at radius 2 is 1.69 bits per heavy atom. The summed E-state index contributed by atoms with van der Waals surface area (Å²) in [7, 11) is 0. The van der Waals surface area contributed by atoms with E-state index in [4.69, 9.17) is 0 Å². The maximum atomic E-state index is 2.24. The van der Waals surface area contributed by atoms with E-state index in [9.17, 15) is 0 Å². The van der Waals surface area contributed by atoms with Gasteiger partial charge in [-0.05, 0) is 35.9 Å². The summed E-state index contributed by atoms with van der Waals surface area (Å²) in [5, 5.41) is 2.24. The lowest BCUT2D eigenvalue weighted by atomic mass is 10.0. The topological polar surface area (TPSA) is 0 Å². The minimum absolute atomic E-state index is 1.32. The van der Waals surface area contributed by atoms with Crippen LogP contribution in [0.2, 0.25) is 0 Å². The normalized spacial score (nSPS) is 10.3. The van der Waals surface area contributed by atoms with Crippen molar-refractivity contribution in [2.45, 2.75) is 13.8 Å². The zero-order chi connectivity index (χ0) is 9.26. The molecule has 0 aliphatic heterocycles. The zero-order valence-electron chi connectivity index (χ0n) is 7.87. The third kappa shape index (κ3) is 1.52. The smallest absolute Gasteiger partial charge is 0.00497 e. The Kier molecular flexibility index (Phi) is 2.19. The van der Waals surface area contributed by atoms with Gasteiger partial charge in [0.15, 0.2) is 0 Å². The fourth-order valence-corrected chi connectivity index (χ4v) is 2.31. The molecule has 0 N–H and O–H groups in total. The van der Waals surface area contributed by atoms with Gasteiger partial charge in [-0.15, -0.1) is 11.3 Å². The number of benzene rings is 1. The Morgan fingerprint density at radius 3 is 2.23 bits per heavy atom. The molecule has 1 aromatic heterocycles. The van der Waals surface area contributed by atoms with Crippen LogP contribution in [0.5, 0.6) is 0 Å². The molecule has 2 aromatic rings. The lowest BCUT2D eigenvalue weighted by Crippen LogP contribution is -1.77. The molecule has 0 fully saturated rings. The van der Waals surface area contributed by atoms with Gasteiger partial charge in [-0.2, -0.15) is 0 Å². The van der Waals surface area contributed by atoms with Crippen molar-refractivity contribution in [2.24, 2.45) is 0 Å². The van der Waals surface area contributed by atoms with E-state index in [1.165, 1.54) is 21.6 Å². The molecular weight excluding hydrogens is 176 g/mol. The number of rotatable bonds is 1. The van der Waals surface area contributed by atoms with Crippen LogP contribution in [0.25, 0.3) is 11.1 Å². The highest BCUT2D eigenvalue weighted by atomic mass is 32.1. The van der Waals surface area contributed by atoms with Crippen molar-refractivity contribution >= 4 is 11.3 Å². The molecule has 0 amide bonds. The predicted octanol–water partition coefficient (Wildman–Crippen LogP) is 4.03. The molecule has 66 valence electrons. The van der Waals surface area contributed by atoms with Gasteiger partial charge in [-0.1, -0.05) is 30.3 Å². The van der Waals surface area contributed by atoms with Gasteiger partial charge in [-0.25, -0.2) is 0 Å². The maximum absolute atomic E-state index is 2.24. The van der Waals surface area contributed by atoms with Gasteiger partial charge in [0.05, 0.1) is 0 Å². The van der Waals surface area contributed by atoms with Crippen molar-refractivity contribution in [3.8, 4) is 11.1 Å². The monoisotopic (exact) mass is 188 g/mol. The molecule has 0 nitrogen and oxygen atoms in total. The fraction of sp³-hybridized carbons (Fsp3) is 0.167. The van der Waals surface area contributed by atoms with E-state index in [1.54, 1.807) is 0 Å². The van der Waals surface area contributed by atoms with Crippen LogP contribution in [0.15, 0.2) is 35.7 Å². The predicted molar refractivity (Wildman–Crippen MR) is 59.2 cm³/mol. The van der Waals surface area contributed by atoms with Crippen molar-refractivity contribution in [1.29, 1.82) is 0 Å². The average molecular weight is 188 g/mol. The molecule has 13 heavy (non-hydrogen) atoms. The Bertz CT molecular complexity index is 398. The van der Waals surface area contributed by atoms with Gasteiger partial charge in [0.25, 0.3) is 0 Å². The summed E-state index contributed by atoms with van der Waals surface area (Å²) < 4.78 is 0. The summed E-state index contributed by atoms with van der Waals surface area (Å²) in [6, 6.07) is 10.5. The SMILES string of the molecule is Cc1scc(-c2ccccc2)c1C. The first-order valence-corrected chi connectivity index (χ1v) is 5.27. The summed E-state index contributed by atoms with van der Waals surface area (Å²) in [6.45, 7) is 4.36. The van der Waals surface area contributed by atoms with Gasteiger partial charge < -0.3 is 0 Å². The van der Waals surface area contributed by atoms with Crippen LogP contribution < -0.4 is 0 Å². The molecule has 0 unspecified atom stereocenters. The minimum atomic E-state index is 1.32. The fourth-order valence-electron chi connectivity index (χ4n) is 1.42. The molecular formula is C12H12S. The van der Waals surface area contributed by atoms with Crippen LogP contribution in [-0.2, 0) is 0 Å². The van der Waals surface area contributed by atoms with E-state index in [2.05, 4.69) is 49.6 Å². The third-order valence-corrected chi connectivity index (χ3v) is 3.38. The van der Waals surface area contributed by atoms with Crippen molar-refractivity contribution in [1.82, 2.24) is 0 Å². The molecule has 0 saturated carbocycles. The quantitative estimate of drug-likeness (QED) is 0.633. The Balaban J connectivity index is 2.53. The van der Waals surface area contributed by atoms with Crippen LogP contribution in [0, 0.1) is 13.8 Å². The van der Waals surface area contributed by atoms with Gasteiger partial charge in [-0.3, -0.25) is 0 Å². The number of hydrogen-bond donors (Lipinski definition) is 0. The summed E-state index contributed by atoms with van der Waals surface area (Å²) in [5.41, 5.74) is 4.11. The van der Waals surface area contributed by atoms with E-state index < -0.39 is 0 Å². The van der Waals surface area contributed by atoms with E-state index >= 15 is 0 Å². The number of aryl methyl sites for hydroxylation is 1. The van der Waals surface area contributed by atoms with Crippen molar-refractivity contribution in [3.63, 3.8) is 0 Å². The Morgan fingerprint density at radius 1 is 1.00 bits per heavy atom. The molecule has 0 spiro atoms. The summed E-state index contributed by atoms with van der Waals surface area (Å²) in [4.78, 5) is 1.42. The van der Waals surface area contributed by atoms with Crippen LogP contribution in [0.3, 0.4) is 0 Å². The highest BCUT2D eigenvalue weighted by Gasteiger charge is 2.04. The Labute approximate surface area is 82.9 Å². The standard InChI is InChI=1S/C12H12S/c1-9-10(2)13-8-12(9)11-6-4-3-5-7-11/h3-8H,1-2H3. The highest BCUT2D eigenvalue weighted by molar-refractivity contribution is 7.10. The van der Waals surface area contributed by atoms with Crippen molar-refractivity contribution in [3.05, 3.63) is 46.2 Å². The van der Waals surface area contributed by atoms with Crippen molar-refractivity contribution in [2.75, 3.05) is 0 Å². The molecule has 0 aliphatic rings. The molecule has 2 rings (SSSR count). The third-order valence-electron chi connectivity index (χ3n) is 2.37. The largest absolute Gasteiger partial charge is 0.148 e. The summed E-state index contributed by atoms with van der Waals surface area (Å²) in [5.74, 6) is 0. The van der Waals surface area contributed by atoms with Crippen LogP contribution in [-0.4, -0.2) is 0 Å². The van der Waals surface area contributed by atoms with Gasteiger partial charge in [0.1, 0.15) is 0 Å². The van der Waals surface area contributed by atoms with Crippen LogP contribution >= 0.6 is 11.3 Å². The summed E-state index contributed by atoms with van der Waals surface area (Å²) >= 11 is 1.83. The average Bonchev–Trinajstić information content (AvgIpc) is 2.49. The first-order valence-electron chi connectivity index (χ1n) is 4.39. The second kappa shape index (κ2) is 3.35. The molecule has 0 saturated heterocycles. The van der Waals surface area contributed by atoms with E-state index in [0.717, 1.165) is 0 Å². The maximum Gasteiger partial charge on any atom is 0.00497 e. The van der Waals surface area contributed by atoms with E-state index in [-0.39, 0.29) is 0 Å². The second-order valence-electron chi connectivity index (χ2n) is 3.20. The number of hydrogen-bond acceptors (Lipinski definition) is 1. The first-order chi connectivity index (χ1) is 6.29. The minimum Gasteiger partial charge on any atom is -0.148 e. The molecule has 0 aliphatic carbocycles. The zero-order valence-corrected chi connectivity index (χ0v) is 8.69. The molecule has 0 radical (unpaired) electrons. The molecule has 1 heterocycles. The van der Waals surface area contributed by atoms with Gasteiger partial charge in [0.2, 0.25) is 0 Å². The molecule has 0 atom stereocenters. The molecule has 1 aromatic carbocycles. The number of thiophene rings is 1. The van der Waals surface area contributed by atoms with Crippen molar-refractivity contribution < 1.29 is 0 Å². The lowest BCUT2D eigenvalue weighted by molar-refractivity contribution is 1.44. The first kappa shape index (κ1) is 8.52. The highest BCUT2D eigenvalue weighted by Crippen LogP contribution is 2.29. The van der Waals surface area contributed by atoms with E-state index in [1.807, 2.05) is 11.3 Å². The molecule has 0 bridgehead atoms. The van der Waals surface area contributed by atoms with Crippen LogP contribution in [0.1, 0.15) is 10.4 Å². The molecule has 1 heteroatoms.